The van der Waals surface area contributed by atoms with Crippen LogP contribution < -0.4 is 11.1 Å². The standard InChI is InChI=1S/C13H22N4O2/c1-8(2)12-15-7-10(14)11(17-12)13(18)16-9(3)5-6-19-4/h7-9H,5-6,14H2,1-4H3,(H,16,18). The summed E-state index contributed by atoms with van der Waals surface area (Å²) in [4.78, 5) is 20.4. The largest absolute Gasteiger partial charge is 0.396 e. The normalized spacial score (nSPS) is 12.5. The third-order valence-corrected chi connectivity index (χ3v) is 2.70. The Balaban J connectivity index is 2.78. The molecule has 6 heteroatoms. The lowest BCUT2D eigenvalue weighted by Gasteiger charge is -2.14. The molecule has 0 aliphatic carbocycles. The third-order valence-electron chi connectivity index (χ3n) is 2.70. The van der Waals surface area contributed by atoms with Gasteiger partial charge in [-0.05, 0) is 13.3 Å². The zero-order valence-electron chi connectivity index (χ0n) is 11.9. The zero-order valence-corrected chi connectivity index (χ0v) is 11.9. The highest BCUT2D eigenvalue weighted by atomic mass is 16.5. The van der Waals surface area contributed by atoms with Crippen molar-refractivity contribution >= 4 is 11.6 Å². The Labute approximate surface area is 113 Å². The van der Waals surface area contributed by atoms with E-state index >= 15 is 0 Å². The van der Waals surface area contributed by atoms with Crippen molar-refractivity contribution in [2.24, 2.45) is 0 Å². The molecule has 1 amide bonds. The fraction of sp³-hybridized carbons (Fsp3) is 0.615. The van der Waals surface area contributed by atoms with E-state index in [4.69, 9.17) is 10.5 Å². The van der Waals surface area contributed by atoms with Crippen LogP contribution in [0.1, 0.15) is 49.4 Å². The summed E-state index contributed by atoms with van der Waals surface area (Å²) in [7, 11) is 1.63. The number of nitrogens with one attached hydrogen (secondary N) is 1. The summed E-state index contributed by atoms with van der Waals surface area (Å²) in [6.45, 7) is 6.44. The van der Waals surface area contributed by atoms with E-state index in [1.807, 2.05) is 20.8 Å². The molecule has 0 bridgehead atoms. The smallest absolute Gasteiger partial charge is 0.272 e. The van der Waals surface area contributed by atoms with Crippen molar-refractivity contribution in [3.63, 3.8) is 0 Å². The number of methoxy groups -OCH3 is 1. The Morgan fingerprint density at radius 2 is 2.16 bits per heavy atom. The molecule has 106 valence electrons. The lowest BCUT2D eigenvalue weighted by molar-refractivity contribution is 0.0925. The molecule has 1 heterocycles. The predicted molar refractivity (Wildman–Crippen MR) is 74.0 cm³/mol. The number of rotatable bonds is 6. The Morgan fingerprint density at radius 1 is 1.47 bits per heavy atom. The minimum Gasteiger partial charge on any atom is -0.396 e. The van der Waals surface area contributed by atoms with Crippen molar-refractivity contribution in [2.45, 2.75) is 39.2 Å². The predicted octanol–water partition coefficient (Wildman–Crippen LogP) is 1.34. The number of ether oxygens (including phenoxy) is 1. The minimum atomic E-state index is -0.273. The van der Waals surface area contributed by atoms with Crippen LogP contribution in [-0.2, 0) is 4.74 Å². The van der Waals surface area contributed by atoms with E-state index in [0.29, 0.717) is 18.1 Å². The van der Waals surface area contributed by atoms with E-state index < -0.39 is 0 Å². The van der Waals surface area contributed by atoms with E-state index in [9.17, 15) is 4.79 Å². The van der Waals surface area contributed by atoms with Gasteiger partial charge in [-0.25, -0.2) is 9.97 Å². The van der Waals surface area contributed by atoms with Crippen LogP contribution >= 0.6 is 0 Å². The summed E-state index contributed by atoms with van der Waals surface area (Å²) >= 11 is 0. The van der Waals surface area contributed by atoms with Gasteiger partial charge in [-0.2, -0.15) is 0 Å². The summed E-state index contributed by atoms with van der Waals surface area (Å²) in [5.74, 6) is 0.493. The van der Waals surface area contributed by atoms with Crippen molar-refractivity contribution in [1.82, 2.24) is 15.3 Å². The first kappa shape index (κ1) is 15.4. The Morgan fingerprint density at radius 3 is 2.74 bits per heavy atom. The van der Waals surface area contributed by atoms with Crippen molar-refractivity contribution < 1.29 is 9.53 Å². The molecule has 0 radical (unpaired) electrons. The lowest BCUT2D eigenvalue weighted by Crippen LogP contribution is -2.34. The van der Waals surface area contributed by atoms with Crippen LogP contribution in [0.15, 0.2) is 6.20 Å². The number of hydrogen-bond donors (Lipinski definition) is 2. The molecule has 1 aromatic rings. The second-order valence-corrected chi connectivity index (χ2v) is 4.84. The summed E-state index contributed by atoms with van der Waals surface area (Å²) in [6, 6.07) is 0.00400. The average molecular weight is 266 g/mol. The first-order valence-corrected chi connectivity index (χ1v) is 6.38. The van der Waals surface area contributed by atoms with Gasteiger partial charge in [0, 0.05) is 25.7 Å². The topological polar surface area (TPSA) is 90.1 Å². The molecule has 1 unspecified atom stereocenters. The quantitative estimate of drug-likeness (QED) is 0.810. The van der Waals surface area contributed by atoms with Crippen LogP contribution in [0.25, 0.3) is 0 Å². The van der Waals surface area contributed by atoms with Gasteiger partial charge in [-0.1, -0.05) is 13.8 Å². The molecule has 1 rings (SSSR count). The van der Waals surface area contributed by atoms with E-state index in [2.05, 4.69) is 15.3 Å². The van der Waals surface area contributed by atoms with Gasteiger partial charge in [0.2, 0.25) is 0 Å². The number of carbonyl (C=O) groups excluding carboxylic acids is 1. The van der Waals surface area contributed by atoms with Crippen molar-refractivity contribution in [1.29, 1.82) is 0 Å². The fourth-order valence-corrected chi connectivity index (χ4v) is 1.52. The molecule has 1 atom stereocenters. The number of nitrogen functional groups attached to an aromatic ring is 1. The average Bonchev–Trinajstić information content (AvgIpc) is 2.36. The number of carbonyl (C=O) groups is 1. The second-order valence-electron chi connectivity index (χ2n) is 4.84. The minimum absolute atomic E-state index is 0.00400. The van der Waals surface area contributed by atoms with Gasteiger partial charge in [-0.15, -0.1) is 0 Å². The zero-order chi connectivity index (χ0) is 14.4. The van der Waals surface area contributed by atoms with Gasteiger partial charge in [0.1, 0.15) is 5.82 Å². The van der Waals surface area contributed by atoms with E-state index in [-0.39, 0.29) is 23.6 Å². The van der Waals surface area contributed by atoms with Gasteiger partial charge in [0.15, 0.2) is 5.69 Å². The fourth-order valence-electron chi connectivity index (χ4n) is 1.52. The van der Waals surface area contributed by atoms with Crippen LogP contribution in [0.2, 0.25) is 0 Å². The van der Waals surface area contributed by atoms with Crippen molar-refractivity contribution in [3.8, 4) is 0 Å². The summed E-state index contributed by atoms with van der Waals surface area (Å²) in [5.41, 5.74) is 6.29. The Bertz CT molecular complexity index is 435. The second kappa shape index (κ2) is 7.04. The summed E-state index contributed by atoms with van der Waals surface area (Å²) < 4.78 is 4.97. The number of anilines is 1. The van der Waals surface area contributed by atoms with E-state index in [0.717, 1.165) is 6.42 Å². The van der Waals surface area contributed by atoms with Gasteiger partial charge >= 0.3 is 0 Å². The first-order valence-electron chi connectivity index (χ1n) is 6.38. The molecular weight excluding hydrogens is 244 g/mol. The van der Waals surface area contributed by atoms with Gasteiger partial charge in [0.05, 0.1) is 11.9 Å². The Kier molecular flexibility index (Phi) is 5.69. The first-order chi connectivity index (χ1) is 8.95. The highest BCUT2D eigenvalue weighted by Crippen LogP contribution is 2.13. The molecule has 0 spiro atoms. The molecule has 0 aliphatic heterocycles. The van der Waals surface area contributed by atoms with Gasteiger partial charge in [-0.3, -0.25) is 4.79 Å². The molecule has 0 saturated heterocycles. The maximum Gasteiger partial charge on any atom is 0.272 e. The van der Waals surface area contributed by atoms with Crippen LogP contribution in [0.4, 0.5) is 5.69 Å². The molecule has 3 N–H and O–H groups in total. The molecule has 0 fully saturated rings. The van der Waals surface area contributed by atoms with Gasteiger partial charge < -0.3 is 15.8 Å². The maximum absolute atomic E-state index is 12.1. The Hall–Kier alpha value is -1.69. The molecule has 19 heavy (non-hydrogen) atoms. The van der Waals surface area contributed by atoms with E-state index in [1.54, 1.807) is 7.11 Å². The van der Waals surface area contributed by atoms with Gasteiger partial charge in [0.25, 0.3) is 5.91 Å². The molecule has 0 aromatic carbocycles. The lowest BCUT2D eigenvalue weighted by atomic mass is 10.2. The number of amides is 1. The SMILES string of the molecule is COCCC(C)NC(=O)c1nc(C(C)C)ncc1N. The molecule has 1 aromatic heterocycles. The van der Waals surface area contributed by atoms with Crippen LogP contribution in [0, 0.1) is 0 Å². The number of nitrogens with zero attached hydrogens (tertiary/aromatic N) is 2. The molecular formula is C13H22N4O2. The number of hydrogen-bond acceptors (Lipinski definition) is 5. The number of aromatic nitrogens is 2. The maximum atomic E-state index is 12.1. The van der Waals surface area contributed by atoms with Crippen LogP contribution in [0.5, 0.6) is 0 Å². The van der Waals surface area contributed by atoms with Crippen molar-refractivity contribution in [2.75, 3.05) is 19.5 Å². The van der Waals surface area contributed by atoms with Crippen LogP contribution in [-0.4, -0.2) is 35.6 Å². The van der Waals surface area contributed by atoms with Crippen LogP contribution in [0.3, 0.4) is 0 Å². The molecule has 6 nitrogen and oxygen atoms in total. The highest BCUT2D eigenvalue weighted by molar-refractivity contribution is 5.97. The molecule has 0 aliphatic rings. The highest BCUT2D eigenvalue weighted by Gasteiger charge is 2.16. The summed E-state index contributed by atoms with van der Waals surface area (Å²) in [5, 5.41) is 2.85. The number of nitrogens with two attached hydrogens (primary N) is 1. The van der Waals surface area contributed by atoms with Crippen molar-refractivity contribution in [3.05, 3.63) is 17.7 Å². The third kappa shape index (κ3) is 4.48. The van der Waals surface area contributed by atoms with E-state index in [1.165, 1.54) is 6.20 Å². The summed E-state index contributed by atoms with van der Waals surface area (Å²) in [6.07, 6.45) is 2.22. The molecule has 0 saturated carbocycles. The monoisotopic (exact) mass is 266 g/mol.